The summed E-state index contributed by atoms with van der Waals surface area (Å²) < 4.78 is 0. The standard InChI is InChI=1S/C11H18N4/c1-3-15(7-9-4-5-9)11-6-10(12-2)13-8-14-11/h6,8-9H,3-5,7H2,1-2H3,(H,12,13,14). The zero-order valence-electron chi connectivity index (χ0n) is 9.40. The van der Waals surface area contributed by atoms with Crippen LogP contribution in [0.25, 0.3) is 0 Å². The van der Waals surface area contributed by atoms with Gasteiger partial charge in [-0.25, -0.2) is 9.97 Å². The molecule has 1 aromatic heterocycles. The minimum atomic E-state index is 0.884. The summed E-state index contributed by atoms with van der Waals surface area (Å²) in [6, 6.07) is 2.01. The van der Waals surface area contributed by atoms with Gasteiger partial charge in [-0.15, -0.1) is 0 Å². The van der Waals surface area contributed by atoms with Gasteiger partial charge in [-0.05, 0) is 25.7 Å². The predicted octanol–water partition coefficient (Wildman–Crippen LogP) is 1.75. The van der Waals surface area contributed by atoms with Crippen LogP contribution in [0.5, 0.6) is 0 Å². The number of nitrogens with one attached hydrogen (secondary N) is 1. The van der Waals surface area contributed by atoms with Crippen molar-refractivity contribution in [3.8, 4) is 0 Å². The third kappa shape index (κ3) is 2.58. The summed E-state index contributed by atoms with van der Waals surface area (Å²) in [6.07, 6.45) is 4.37. The fourth-order valence-corrected chi connectivity index (χ4v) is 1.65. The van der Waals surface area contributed by atoms with Crippen molar-refractivity contribution >= 4 is 11.6 Å². The highest BCUT2D eigenvalue weighted by atomic mass is 15.2. The average Bonchev–Trinajstić information content (AvgIpc) is 3.10. The van der Waals surface area contributed by atoms with Crippen LogP contribution in [-0.4, -0.2) is 30.1 Å². The fraction of sp³-hybridized carbons (Fsp3) is 0.636. The van der Waals surface area contributed by atoms with Gasteiger partial charge in [0.2, 0.25) is 0 Å². The molecule has 2 rings (SSSR count). The van der Waals surface area contributed by atoms with Crippen LogP contribution in [0, 0.1) is 5.92 Å². The van der Waals surface area contributed by atoms with Crippen molar-refractivity contribution in [1.82, 2.24) is 9.97 Å². The van der Waals surface area contributed by atoms with E-state index in [1.54, 1.807) is 6.33 Å². The molecule has 0 amide bonds. The molecule has 1 fully saturated rings. The molecule has 1 aromatic rings. The van der Waals surface area contributed by atoms with E-state index in [1.807, 2.05) is 13.1 Å². The van der Waals surface area contributed by atoms with Crippen LogP contribution >= 0.6 is 0 Å². The lowest BCUT2D eigenvalue weighted by molar-refractivity contribution is 0.730. The van der Waals surface area contributed by atoms with Crippen molar-refractivity contribution in [3.63, 3.8) is 0 Å². The Balaban J connectivity index is 2.09. The molecular formula is C11H18N4. The summed E-state index contributed by atoms with van der Waals surface area (Å²) in [5.74, 6) is 2.80. The SMILES string of the molecule is CCN(CC1CC1)c1cc(NC)ncn1. The maximum absolute atomic E-state index is 4.31. The van der Waals surface area contributed by atoms with Gasteiger partial charge in [0.1, 0.15) is 18.0 Å². The molecule has 82 valence electrons. The molecule has 1 aliphatic carbocycles. The number of rotatable bonds is 5. The summed E-state index contributed by atoms with van der Waals surface area (Å²) in [4.78, 5) is 10.8. The highest BCUT2D eigenvalue weighted by Crippen LogP contribution is 2.31. The zero-order chi connectivity index (χ0) is 10.7. The van der Waals surface area contributed by atoms with Crippen LogP contribution in [0.3, 0.4) is 0 Å². The van der Waals surface area contributed by atoms with E-state index in [1.165, 1.54) is 12.8 Å². The molecule has 1 heterocycles. The molecule has 4 heteroatoms. The molecule has 1 N–H and O–H groups in total. The van der Waals surface area contributed by atoms with E-state index in [4.69, 9.17) is 0 Å². The first-order valence-corrected chi connectivity index (χ1v) is 5.58. The molecule has 0 atom stereocenters. The van der Waals surface area contributed by atoms with Crippen LogP contribution in [0.2, 0.25) is 0 Å². The molecule has 4 nitrogen and oxygen atoms in total. The van der Waals surface area contributed by atoms with Crippen molar-refractivity contribution in [2.45, 2.75) is 19.8 Å². The van der Waals surface area contributed by atoms with Crippen molar-refractivity contribution in [3.05, 3.63) is 12.4 Å². The van der Waals surface area contributed by atoms with Gasteiger partial charge in [0.05, 0.1) is 0 Å². The van der Waals surface area contributed by atoms with E-state index in [2.05, 4.69) is 27.1 Å². The largest absolute Gasteiger partial charge is 0.373 e. The second kappa shape index (κ2) is 4.47. The van der Waals surface area contributed by atoms with Crippen LogP contribution in [-0.2, 0) is 0 Å². The van der Waals surface area contributed by atoms with Crippen LogP contribution in [0.4, 0.5) is 11.6 Å². The zero-order valence-corrected chi connectivity index (χ0v) is 9.40. The van der Waals surface area contributed by atoms with Crippen LogP contribution < -0.4 is 10.2 Å². The minimum absolute atomic E-state index is 0.884. The van der Waals surface area contributed by atoms with Gasteiger partial charge in [0.15, 0.2) is 0 Å². The fourth-order valence-electron chi connectivity index (χ4n) is 1.65. The van der Waals surface area contributed by atoms with Crippen molar-refractivity contribution in [2.75, 3.05) is 30.4 Å². The van der Waals surface area contributed by atoms with E-state index in [9.17, 15) is 0 Å². The summed E-state index contributed by atoms with van der Waals surface area (Å²) in [5, 5.41) is 3.04. The number of hydrogen-bond acceptors (Lipinski definition) is 4. The molecule has 0 spiro atoms. The number of hydrogen-bond donors (Lipinski definition) is 1. The molecular weight excluding hydrogens is 188 g/mol. The Morgan fingerprint density at radius 2 is 2.27 bits per heavy atom. The Kier molecular flexibility index (Phi) is 3.04. The van der Waals surface area contributed by atoms with Crippen molar-refractivity contribution in [2.24, 2.45) is 5.92 Å². The topological polar surface area (TPSA) is 41.0 Å². The quantitative estimate of drug-likeness (QED) is 0.797. The Hall–Kier alpha value is -1.32. The van der Waals surface area contributed by atoms with Crippen LogP contribution in [0.15, 0.2) is 12.4 Å². The van der Waals surface area contributed by atoms with Gasteiger partial charge in [0.25, 0.3) is 0 Å². The molecule has 0 saturated heterocycles. The second-order valence-corrected chi connectivity index (χ2v) is 3.99. The lowest BCUT2D eigenvalue weighted by Crippen LogP contribution is -2.26. The van der Waals surface area contributed by atoms with Gasteiger partial charge >= 0.3 is 0 Å². The Labute approximate surface area is 90.7 Å². The molecule has 1 aliphatic rings. The van der Waals surface area contributed by atoms with E-state index in [-0.39, 0.29) is 0 Å². The molecule has 0 bridgehead atoms. The van der Waals surface area contributed by atoms with Gasteiger partial charge in [0, 0.05) is 26.2 Å². The first-order valence-electron chi connectivity index (χ1n) is 5.58. The van der Waals surface area contributed by atoms with Gasteiger partial charge in [-0.2, -0.15) is 0 Å². The van der Waals surface area contributed by atoms with Gasteiger partial charge in [-0.3, -0.25) is 0 Å². The monoisotopic (exact) mass is 206 g/mol. The molecule has 15 heavy (non-hydrogen) atoms. The number of nitrogens with zero attached hydrogens (tertiary/aromatic N) is 3. The molecule has 1 saturated carbocycles. The Morgan fingerprint density at radius 3 is 2.87 bits per heavy atom. The number of aromatic nitrogens is 2. The predicted molar refractivity (Wildman–Crippen MR) is 62.2 cm³/mol. The molecule has 0 aromatic carbocycles. The molecule has 0 aliphatic heterocycles. The summed E-state index contributed by atoms with van der Waals surface area (Å²) in [6.45, 7) is 4.32. The molecule has 0 unspecified atom stereocenters. The van der Waals surface area contributed by atoms with Gasteiger partial charge in [-0.1, -0.05) is 0 Å². The summed E-state index contributed by atoms with van der Waals surface area (Å²) in [7, 11) is 1.88. The van der Waals surface area contributed by atoms with E-state index in [0.717, 1.165) is 30.6 Å². The highest BCUT2D eigenvalue weighted by Gasteiger charge is 2.24. The average molecular weight is 206 g/mol. The van der Waals surface area contributed by atoms with Crippen molar-refractivity contribution < 1.29 is 0 Å². The second-order valence-electron chi connectivity index (χ2n) is 3.99. The molecule has 0 radical (unpaired) electrons. The lowest BCUT2D eigenvalue weighted by Gasteiger charge is -2.21. The maximum Gasteiger partial charge on any atom is 0.134 e. The third-order valence-corrected chi connectivity index (χ3v) is 2.79. The summed E-state index contributed by atoms with van der Waals surface area (Å²) in [5.41, 5.74) is 0. The lowest BCUT2D eigenvalue weighted by atomic mass is 10.3. The highest BCUT2D eigenvalue weighted by molar-refractivity contribution is 5.48. The van der Waals surface area contributed by atoms with Crippen molar-refractivity contribution in [1.29, 1.82) is 0 Å². The first kappa shape index (κ1) is 10.2. The Morgan fingerprint density at radius 1 is 1.47 bits per heavy atom. The Bertz CT molecular complexity index is 322. The van der Waals surface area contributed by atoms with E-state index >= 15 is 0 Å². The number of anilines is 2. The van der Waals surface area contributed by atoms with E-state index < -0.39 is 0 Å². The van der Waals surface area contributed by atoms with Crippen LogP contribution in [0.1, 0.15) is 19.8 Å². The first-order chi connectivity index (χ1) is 7.33. The smallest absolute Gasteiger partial charge is 0.134 e. The van der Waals surface area contributed by atoms with E-state index in [0.29, 0.717) is 0 Å². The summed E-state index contributed by atoms with van der Waals surface area (Å²) >= 11 is 0. The van der Waals surface area contributed by atoms with Gasteiger partial charge < -0.3 is 10.2 Å². The maximum atomic E-state index is 4.31. The minimum Gasteiger partial charge on any atom is -0.373 e. The normalized spacial score (nSPS) is 15.1. The third-order valence-electron chi connectivity index (χ3n) is 2.79.